The minimum absolute atomic E-state index is 0.0991. The van der Waals surface area contributed by atoms with Gasteiger partial charge >= 0.3 is 5.69 Å². The minimum atomic E-state index is -1.10. The van der Waals surface area contributed by atoms with Crippen molar-refractivity contribution in [1.82, 2.24) is 0 Å². The monoisotopic (exact) mass is 233 g/mol. The lowest BCUT2D eigenvalue weighted by Crippen LogP contribution is -2.05. The summed E-state index contributed by atoms with van der Waals surface area (Å²) in [5, 5.41) is 29.9. The maximum absolute atomic E-state index is 11.6. The lowest BCUT2D eigenvalue weighted by atomic mass is 10.2. The summed E-state index contributed by atoms with van der Waals surface area (Å²) in [5.41, 5.74) is -2.15. The molecule has 0 aliphatic carbocycles. The van der Waals surface area contributed by atoms with Crippen LogP contribution in [0, 0.1) is 15.5 Å². The first-order valence-corrected chi connectivity index (χ1v) is 4.32. The van der Waals surface area contributed by atoms with E-state index in [1.54, 1.807) is 0 Å². The van der Waals surface area contributed by atoms with E-state index in [1.807, 2.05) is 0 Å². The van der Waals surface area contributed by atoms with E-state index in [2.05, 4.69) is 9.39 Å². The first-order chi connectivity index (χ1) is 8.04. The third kappa shape index (κ3) is 1.55. The largest absolute Gasteiger partial charge is 0.573 e. The van der Waals surface area contributed by atoms with Crippen molar-refractivity contribution in [2.45, 2.75) is 0 Å². The van der Waals surface area contributed by atoms with Crippen molar-refractivity contribution in [2.24, 2.45) is 0 Å². The van der Waals surface area contributed by atoms with Crippen molar-refractivity contribution < 1.29 is 14.4 Å². The summed E-state index contributed by atoms with van der Waals surface area (Å²) in [6.45, 7) is 0. The van der Waals surface area contributed by atoms with Gasteiger partial charge in [0, 0.05) is 17.7 Å². The molecule has 0 amide bonds. The van der Waals surface area contributed by atoms with Crippen molar-refractivity contribution >= 4 is 22.3 Å². The van der Waals surface area contributed by atoms with Gasteiger partial charge in [0.1, 0.15) is 0 Å². The van der Waals surface area contributed by atoms with Crippen LogP contribution in [0.5, 0.6) is 5.95 Å². The fraction of sp³-hybridized carbons (Fsp3) is 0. The van der Waals surface area contributed by atoms with Crippen LogP contribution in [-0.4, -0.2) is 4.92 Å². The van der Waals surface area contributed by atoms with E-state index >= 15 is 0 Å². The number of nitro groups is 1. The van der Waals surface area contributed by atoms with Crippen LogP contribution in [-0.2, 0) is 0 Å². The molecule has 84 valence electrons. The van der Waals surface area contributed by atoms with Gasteiger partial charge in [0.2, 0.25) is 5.39 Å². The Morgan fingerprint density at radius 2 is 2.12 bits per heavy atom. The second kappa shape index (κ2) is 3.57. The molecule has 8 nitrogen and oxygen atoms in total. The molecule has 0 spiro atoms. The Morgan fingerprint density at radius 3 is 2.71 bits per heavy atom. The molecule has 8 heteroatoms. The Labute approximate surface area is 92.5 Å². The summed E-state index contributed by atoms with van der Waals surface area (Å²) < 4.78 is 4.67. The molecule has 0 aliphatic rings. The number of hydrogen-bond acceptors (Lipinski definition) is 6. The highest BCUT2D eigenvalue weighted by atomic mass is 16.6. The van der Waals surface area contributed by atoms with Crippen LogP contribution in [0.15, 0.2) is 27.4 Å². The van der Waals surface area contributed by atoms with Gasteiger partial charge < -0.3 is 9.52 Å². The zero-order chi connectivity index (χ0) is 12.6. The number of benzene rings is 1. The maximum atomic E-state index is 11.6. The zero-order valence-corrected chi connectivity index (χ0v) is 8.11. The zero-order valence-electron chi connectivity index (χ0n) is 8.11. The van der Waals surface area contributed by atoms with Crippen molar-refractivity contribution in [3.8, 4) is 5.95 Å². The van der Waals surface area contributed by atoms with Crippen LogP contribution in [0.1, 0.15) is 0 Å². The third-order valence-corrected chi connectivity index (χ3v) is 2.13. The molecule has 0 saturated carbocycles. The number of hydrogen-bond donors (Lipinski definition) is 0. The highest BCUT2D eigenvalue weighted by Gasteiger charge is 2.19. The molecule has 1 aromatic carbocycles. The van der Waals surface area contributed by atoms with Crippen LogP contribution in [0.2, 0.25) is 0 Å². The smallest absolute Gasteiger partial charge is 0.454 e. The fourth-order valence-electron chi connectivity index (χ4n) is 1.35. The average molecular weight is 233 g/mol. The second-order valence-electron chi connectivity index (χ2n) is 3.10. The molecule has 1 heterocycles. The van der Waals surface area contributed by atoms with Crippen LogP contribution < -0.4 is 10.5 Å². The Kier molecular flexibility index (Phi) is 2.22. The third-order valence-electron chi connectivity index (χ3n) is 2.13. The van der Waals surface area contributed by atoms with Gasteiger partial charge in [-0.05, 0) is 6.07 Å². The number of fused-ring (bicyclic) bond motifs is 1. The molecular weight excluding hydrogens is 230 g/mol. The molecule has 0 bridgehead atoms. The minimum Gasteiger partial charge on any atom is -0.573 e. The molecule has 0 atom stereocenters. The second-order valence-corrected chi connectivity index (χ2v) is 3.10. The van der Waals surface area contributed by atoms with Crippen molar-refractivity contribution in [2.75, 3.05) is 0 Å². The summed E-state index contributed by atoms with van der Waals surface area (Å²) in [6.07, 6.45) is 0. The van der Waals surface area contributed by atoms with Gasteiger partial charge in [0.15, 0.2) is 10.9 Å². The van der Waals surface area contributed by atoms with Crippen LogP contribution >= 0.6 is 0 Å². The van der Waals surface area contributed by atoms with Crippen molar-refractivity contribution in [3.63, 3.8) is 0 Å². The van der Waals surface area contributed by atoms with Crippen molar-refractivity contribution in [1.29, 1.82) is 5.39 Å². The quantitative estimate of drug-likeness (QED) is 0.414. The summed E-state index contributed by atoms with van der Waals surface area (Å²) in [4.78, 5) is 23.9. The number of rotatable bonds is 1. The van der Waals surface area contributed by atoms with Crippen LogP contribution in [0.4, 0.5) is 11.4 Å². The van der Waals surface area contributed by atoms with E-state index in [1.165, 1.54) is 0 Å². The predicted molar refractivity (Wildman–Crippen MR) is 53.3 cm³/mol. The van der Waals surface area contributed by atoms with Crippen LogP contribution in [0.25, 0.3) is 15.9 Å². The molecule has 0 radical (unpaired) electrons. The molecule has 0 saturated heterocycles. The molecule has 17 heavy (non-hydrogen) atoms. The number of diazo groups is 1. The topological polar surface area (TPSA) is 125 Å². The predicted octanol–water partition coefficient (Wildman–Crippen LogP) is 1.26. The highest BCUT2D eigenvalue weighted by molar-refractivity contribution is 5.83. The van der Waals surface area contributed by atoms with Crippen molar-refractivity contribution in [3.05, 3.63) is 43.5 Å². The molecular formula is C9H3N3O5. The van der Waals surface area contributed by atoms with E-state index in [9.17, 15) is 20.0 Å². The Bertz CT molecular complexity index is 728. The van der Waals surface area contributed by atoms with Gasteiger partial charge in [-0.3, -0.25) is 14.9 Å². The summed E-state index contributed by atoms with van der Waals surface area (Å²) in [6, 6.07) is 3.19. The number of non-ortho nitro benzene ring substituents is 1. The standard InChI is InChI=1S/C9H3N3O5/c10-11-7-8(13)5-3-4(12(15)16)1-2-6(5)17-9(7)14/h1-3H. The van der Waals surface area contributed by atoms with E-state index in [0.29, 0.717) is 0 Å². The normalized spacial score (nSPS) is 10.1. The Balaban J connectivity index is 2.91. The average Bonchev–Trinajstić information content (AvgIpc) is 2.29. The van der Waals surface area contributed by atoms with Gasteiger partial charge in [-0.15, -0.1) is 0 Å². The molecule has 0 N–H and O–H groups in total. The van der Waals surface area contributed by atoms with Crippen LogP contribution in [0.3, 0.4) is 0 Å². The first-order valence-electron chi connectivity index (χ1n) is 4.32. The molecule has 0 fully saturated rings. The van der Waals surface area contributed by atoms with E-state index in [4.69, 9.17) is 5.39 Å². The lowest BCUT2D eigenvalue weighted by molar-refractivity contribution is -0.384. The first kappa shape index (κ1) is 10.6. The molecule has 2 rings (SSSR count). The molecule has 0 aliphatic heterocycles. The summed E-state index contributed by atoms with van der Waals surface area (Å²) in [5.74, 6) is -1.10. The summed E-state index contributed by atoms with van der Waals surface area (Å²) >= 11 is 0. The van der Waals surface area contributed by atoms with E-state index in [-0.39, 0.29) is 16.7 Å². The summed E-state index contributed by atoms with van der Waals surface area (Å²) in [7, 11) is 0. The molecule has 0 unspecified atom stereocenters. The lowest BCUT2D eigenvalue weighted by Gasteiger charge is -2.03. The fourth-order valence-corrected chi connectivity index (χ4v) is 1.35. The van der Waals surface area contributed by atoms with Gasteiger partial charge in [-0.25, -0.2) is 0 Å². The maximum Gasteiger partial charge on any atom is 0.454 e. The van der Waals surface area contributed by atoms with E-state index in [0.717, 1.165) is 18.2 Å². The molecule has 2 aromatic rings. The Morgan fingerprint density at radius 1 is 1.41 bits per heavy atom. The SMILES string of the molecule is N#[N+]c1c([O-])oc2ccc([N+](=O)[O-])cc2c1=O. The van der Waals surface area contributed by atoms with Gasteiger partial charge in [0.05, 0.1) is 10.3 Å². The highest BCUT2D eigenvalue weighted by Crippen LogP contribution is 2.26. The van der Waals surface area contributed by atoms with Gasteiger partial charge in [-0.2, -0.15) is 0 Å². The molecule has 1 aromatic heterocycles. The van der Waals surface area contributed by atoms with E-state index < -0.39 is 22.0 Å². The number of nitro benzene ring substituents is 1. The Hall–Kier alpha value is -2.95. The van der Waals surface area contributed by atoms with Gasteiger partial charge in [-0.1, -0.05) is 0 Å². The van der Waals surface area contributed by atoms with Gasteiger partial charge in [0.25, 0.3) is 11.1 Å². The number of nitrogens with zero attached hydrogens (tertiary/aromatic N) is 3.